The fourth-order valence-electron chi connectivity index (χ4n) is 4.53. The number of nitrogens with zero attached hydrogens (tertiary/aromatic N) is 3. The Kier molecular flexibility index (Phi) is 6.51. The topological polar surface area (TPSA) is 90.4 Å². The first-order valence-electron chi connectivity index (χ1n) is 11.0. The number of phenolic OH excluding ortho intramolecular Hbond substituents is 1. The van der Waals surface area contributed by atoms with E-state index in [0.29, 0.717) is 11.0 Å². The Morgan fingerprint density at radius 1 is 1.10 bits per heavy atom. The number of fused-ring (bicyclic) bond motifs is 1. The van der Waals surface area contributed by atoms with Crippen LogP contribution in [-0.2, 0) is 12.8 Å². The number of benzene rings is 1. The third-order valence-corrected chi connectivity index (χ3v) is 6.42. The van der Waals surface area contributed by atoms with Crippen LogP contribution >= 0.6 is 11.6 Å². The Balaban J connectivity index is 1.36. The maximum atomic E-state index is 12.5. The Labute approximate surface area is 188 Å². The van der Waals surface area contributed by atoms with Crippen molar-refractivity contribution in [2.24, 2.45) is 0 Å². The largest absolute Gasteiger partial charge is 0.507 e. The van der Waals surface area contributed by atoms with Crippen LogP contribution < -0.4 is 15.5 Å². The predicted molar refractivity (Wildman–Crippen MR) is 123 cm³/mol. The highest BCUT2D eigenvalue weighted by Gasteiger charge is 2.25. The summed E-state index contributed by atoms with van der Waals surface area (Å²) in [6, 6.07) is 4.86. The van der Waals surface area contributed by atoms with Gasteiger partial charge in [-0.25, -0.2) is 4.98 Å². The molecule has 1 saturated carbocycles. The summed E-state index contributed by atoms with van der Waals surface area (Å²) in [4.78, 5) is 24.2. The van der Waals surface area contributed by atoms with Gasteiger partial charge in [0.1, 0.15) is 11.6 Å². The minimum absolute atomic E-state index is 0.0569. The Morgan fingerprint density at radius 3 is 2.55 bits per heavy atom. The van der Waals surface area contributed by atoms with Gasteiger partial charge in [0.05, 0.1) is 11.3 Å². The van der Waals surface area contributed by atoms with Crippen LogP contribution in [0.3, 0.4) is 0 Å². The summed E-state index contributed by atoms with van der Waals surface area (Å²) in [5, 5.41) is 16.9. The molecule has 2 aliphatic rings. The molecule has 1 fully saturated rings. The van der Waals surface area contributed by atoms with Gasteiger partial charge in [0.2, 0.25) is 5.95 Å². The van der Waals surface area contributed by atoms with Gasteiger partial charge >= 0.3 is 0 Å². The molecule has 31 heavy (non-hydrogen) atoms. The zero-order valence-electron chi connectivity index (χ0n) is 18.1. The van der Waals surface area contributed by atoms with Crippen LogP contribution in [0.25, 0.3) is 0 Å². The summed E-state index contributed by atoms with van der Waals surface area (Å²) in [5.41, 5.74) is 2.68. The number of aryl methyl sites for hydroxylation is 1. The first-order valence-corrected chi connectivity index (χ1v) is 11.4. The lowest BCUT2D eigenvalue weighted by Gasteiger charge is -2.30. The molecule has 3 N–H and O–H groups in total. The van der Waals surface area contributed by atoms with Crippen molar-refractivity contribution in [3.8, 4) is 5.75 Å². The second kappa shape index (κ2) is 9.30. The van der Waals surface area contributed by atoms with Crippen LogP contribution in [0.5, 0.6) is 5.75 Å². The monoisotopic (exact) mass is 443 g/mol. The molecule has 8 heteroatoms. The lowest BCUT2D eigenvalue weighted by Crippen LogP contribution is -2.40. The van der Waals surface area contributed by atoms with Gasteiger partial charge in [-0.3, -0.25) is 4.79 Å². The predicted octanol–water partition coefficient (Wildman–Crippen LogP) is 3.93. The minimum Gasteiger partial charge on any atom is -0.507 e. The molecular weight excluding hydrogens is 414 g/mol. The second-order valence-electron chi connectivity index (χ2n) is 8.73. The zero-order chi connectivity index (χ0) is 22.0. The molecule has 166 valence electrons. The molecule has 0 radical (unpaired) electrons. The van der Waals surface area contributed by atoms with Gasteiger partial charge in [0.25, 0.3) is 5.91 Å². The average molecular weight is 444 g/mol. The van der Waals surface area contributed by atoms with Gasteiger partial charge in [0.15, 0.2) is 0 Å². The Hall–Kier alpha value is -2.54. The van der Waals surface area contributed by atoms with Crippen molar-refractivity contribution in [3.63, 3.8) is 0 Å². The first kappa shape index (κ1) is 21.7. The molecule has 0 bridgehead atoms. The number of hydrogen-bond acceptors (Lipinski definition) is 6. The van der Waals surface area contributed by atoms with Crippen LogP contribution in [-0.4, -0.2) is 47.2 Å². The Morgan fingerprint density at radius 2 is 1.81 bits per heavy atom. The number of nitrogens with one attached hydrogen (secondary N) is 2. The van der Waals surface area contributed by atoms with Gasteiger partial charge in [-0.05, 0) is 69.6 Å². The van der Waals surface area contributed by atoms with Gasteiger partial charge < -0.3 is 20.6 Å². The summed E-state index contributed by atoms with van der Waals surface area (Å²) < 4.78 is 0. The number of anilines is 2. The number of carbonyl (C=O) groups excluding carboxylic acids is 1. The highest BCUT2D eigenvalue weighted by Crippen LogP contribution is 2.29. The molecule has 0 atom stereocenters. The van der Waals surface area contributed by atoms with E-state index in [4.69, 9.17) is 21.6 Å². The number of aromatic nitrogens is 2. The van der Waals surface area contributed by atoms with Crippen molar-refractivity contribution in [3.05, 3.63) is 40.0 Å². The fraction of sp³-hybridized carbons (Fsp3) is 0.522. The molecule has 4 rings (SSSR count). The van der Waals surface area contributed by atoms with E-state index in [0.717, 1.165) is 44.3 Å². The van der Waals surface area contributed by atoms with Crippen molar-refractivity contribution in [2.75, 3.05) is 24.3 Å². The summed E-state index contributed by atoms with van der Waals surface area (Å²) in [6.07, 6.45) is 8.01. The van der Waals surface area contributed by atoms with Crippen molar-refractivity contribution < 1.29 is 9.90 Å². The molecule has 0 saturated heterocycles. The van der Waals surface area contributed by atoms with Crippen molar-refractivity contribution in [1.82, 2.24) is 15.3 Å². The average Bonchev–Trinajstić information content (AvgIpc) is 2.76. The van der Waals surface area contributed by atoms with E-state index < -0.39 is 0 Å². The van der Waals surface area contributed by atoms with E-state index in [-0.39, 0.29) is 29.3 Å². The molecule has 2 aromatic rings. The molecule has 7 nitrogen and oxygen atoms in total. The third kappa shape index (κ3) is 5.03. The normalized spacial score (nSPS) is 20.6. The second-order valence-corrected chi connectivity index (χ2v) is 9.16. The third-order valence-electron chi connectivity index (χ3n) is 6.18. The van der Waals surface area contributed by atoms with Crippen LogP contribution in [0.1, 0.15) is 60.1 Å². The standard InChI is InChI=1S/C23H30ClN5O2/c1-29(2)21-17-5-3-4-6-19(17)27-23(28-21)26-16-10-8-15(9-11-16)25-22(31)18-13-14(24)7-12-20(18)30/h7,12-13,15-16,30H,3-6,8-11H2,1-2H3,(H,25,31)(H,26,27,28). The molecule has 0 spiro atoms. The van der Waals surface area contributed by atoms with Crippen molar-refractivity contribution >= 4 is 29.3 Å². The van der Waals surface area contributed by atoms with Crippen LogP contribution in [0.4, 0.5) is 11.8 Å². The van der Waals surface area contributed by atoms with Gasteiger partial charge in [-0.1, -0.05) is 11.6 Å². The van der Waals surface area contributed by atoms with E-state index in [1.165, 1.54) is 36.2 Å². The summed E-state index contributed by atoms with van der Waals surface area (Å²) in [5.74, 6) is 1.39. The maximum absolute atomic E-state index is 12.5. The van der Waals surface area contributed by atoms with E-state index in [1.54, 1.807) is 6.07 Å². The van der Waals surface area contributed by atoms with Crippen LogP contribution in [0.2, 0.25) is 5.02 Å². The maximum Gasteiger partial charge on any atom is 0.255 e. The van der Waals surface area contributed by atoms with Crippen LogP contribution in [0.15, 0.2) is 18.2 Å². The number of amides is 1. The summed E-state index contributed by atoms with van der Waals surface area (Å²) in [6.45, 7) is 0. The van der Waals surface area contributed by atoms with Crippen molar-refractivity contribution in [1.29, 1.82) is 0 Å². The zero-order valence-corrected chi connectivity index (χ0v) is 18.9. The van der Waals surface area contributed by atoms with Gasteiger partial charge in [-0.2, -0.15) is 4.98 Å². The minimum atomic E-state index is -0.287. The molecule has 1 aromatic carbocycles. The first-order chi connectivity index (χ1) is 14.9. The number of phenols is 1. The lowest BCUT2D eigenvalue weighted by atomic mass is 9.91. The number of hydrogen-bond donors (Lipinski definition) is 3. The molecule has 0 unspecified atom stereocenters. The number of halogens is 1. The number of aromatic hydroxyl groups is 1. The van der Waals surface area contributed by atoms with Crippen LogP contribution in [0, 0.1) is 0 Å². The number of carbonyl (C=O) groups is 1. The SMILES string of the molecule is CN(C)c1nc(NC2CCC(NC(=O)c3cc(Cl)ccc3O)CC2)nc2c1CCCC2. The van der Waals surface area contributed by atoms with E-state index in [9.17, 15) is 9.90 Å². The smallest absolute Gasteiger partial charge is 0.255 e. The summed E-state index contributed by atoms with van der Waals surface area (Å²) in [7, 11) is 4.07. The quantitative estimate of drug-likeness (QED) is 0.648. The molecular formula is C23H30ClN5O2. The summed E-state index contributed by atoms with van der Waals surface area (Å²) >= 11 is 5.96. The molecule has 1 aromatic heterocycles. The molecule has 0 aliphatic heterocycles. The van der Waals surface area contributed by atoms with E-state index >= 15 is 0 Å². The highest BCUT2D eigenvalue weighted by molar-refractivity contribution is 6.31. The highest BCUT2D eigenvalue weighted by atomic mass is 35.5. The van der Waals surface area contributed by atoms with E-state index in [1.807, 2.05) is 14.1 Å². The molecule has 1 heterocycles. The molecule has 2 aliphatic carbocycles. The lowest BCUT2D eigenvalue weighted by molar-refractivity contribution is 0.0924. The number of rotatable bonds is 5. The van der Waals surface area contributed by atoms with Gasteiger partial charge in [0, 0.05) is 36.8 Å². The van der Waals surface area contributed by atoms with Crippen molar-refractivity contribution in [2.45, 2.75) is 63.5 Å². The Bertz CT molecular complexity index is 957. The fourth-order valence-corrected chi connectivity index (χ4v) is 4.70. The van der Waals surface area contributed by atoms with Gasteiger partial charge in [-0.15, -0.1) is 0 Å². The van der Waals surface area contributed by atoms with E-state index in [2.05, 4.69) is 15.5 Å². The molecule has 1 amide bonds.